The molecule has 140 valence electrons. The monoisotopic (exact) mass is 355 g/mol. The first-order chi connectivity index (χ1) is 12.3. The summed E-state index contributed by atoms with van der Waals surface area (Å²) in [6, 6.07) is 3.98. The molecule has 1 aromatic heterocycles. The number of rotatable bonds is 4. The molecule has 1 aliphatic carbocycles. The molecule has 2 aliphatic rings. The Balaban J connectivity index is 1.91. The van der Waals surface area contributed by atoms with E-state index in [1.807, 2.05) is 38.3 Å². The quantitative estimate of drug-likeness (QED) is 0.826. The van der Waals surface area contributed by atoms with Gasteiger partial charge in [0.15, 0.2) is 5.60 Å². The summed E-state index contributed by atoms with van der Waals surface area (Å²) in [6.45, 7) is 12.1. The Morgan fingerprint density at radius 2 is 2.19 bits per heavy atom. The minimum atomic E-state index is -1.36. The van der Waals surface area contributed by atoms with Gasteiger partial charge in [0, 0.05) is 12.1 Å². The maximum Gasteiger partial charge on any atom is 0.338 e. The standard InChI is InChI=1S/C22H29NO3/c1-6-18-14(4)11-22(25)20(15(5)26-21(22)24)19(18)10-9-17-8-7-16(12-23-17)13(2)3/h7-10,12,14-15,18-20,25H,2,6,11H2,1,3-5H3/b10-9+. The molecule has 1 aliphatic heterocycles. The second kappa shape index (κ2) is 6.99. The smallest absolute Gasteiger partial charge is 0.338 e. The Labute approximate surface area is 156 Å². The van der Waals surface area contributed by atoms with E-state index in [0.717, 1.165) is 23.3 Å². The molecule has 0 radical (unpaired) electrons. The van der Waals surface area contributed by atoms with E-state index in [4.69, 9.17) is 4.74 Å². The molecule has 4 heteroatoms. The fourth-order valence-electron chi connectivity index (χ4n) is 4.91. The van der Waals surface area contributed by atoms with Crippen molar-refractivity contribution in [2.45, 2.75) is 52.2 Å². The van der Waals surface area contributed by atoms with Gasteiger partial charge in [-0.3, -0.25) is 4.98 Å². The average molecular weight is 355 g/mol. The molecule has 26 heavy (non-hydrogen) atoms. The minimum absolute atomic E-state index is 0.0813. The van der Waals surface area contributed by atoms with Crippen LogP contribution in [0.2, 0.25) is 0 Å². The van der Waals surface area contributed by atoms with Crippen LogP contribution >= 0.6 is 0 Å². The first kappa shape index (κ1) is 18.8. The molecule has 3 rings (SSSR count). The largest absolute Gasteiger partial charge is 0.460 e. The highest BCUT2D eigenvalue weighted by molar-refractivity contribution is 5.82. The Kier molecular flexibility index (Phi) is 5.07. The van der Waals surface area contributed by atoms with Gasteiger partial charge >= 0.3 is 5.97 Å². The van der Waals surface area contributed by atoms with E-state index in [-0.39, 0.29) is 23.9 Å². The SMILES string of the molecule is C=C(C)c1ccc(/C=C/C2C(CC)C(C)CC3(O)C(=O)OC(C)C23)nc1. The lowest BCUT2D eigenvalue weighted by Crippen LogP contribution is -2.53. The lowest BCUT2D eigenvalue weighted by Gasteiger charge is -2.45. The Hall–Kier alpha value is -1.94. The Morgan fingerprint density at radius 1 is 1.46 bits per heavy atom. The minimum Gasteiger partial charge on any atom is -0.460 e. The maximum absolute atomic E-state index is 12.3. The summed E-state index contributed by atoms with van der Waals surface area (Å²) in [5.74, 6) is 0.0781. The number of aliphatic hydroxyl groups is 1. The summed E-state index contributed by atoms with van der Waals surface area (Å²) in [5, 5.41) is 11.1. The van der Waals surface area contributed by atoms with Crippen molar-refractivity contribution in [3.05, 3.63) is 42.2 Å². The van der Waals surface area contributed by atoms with Gasteiger partial charge in [0.2, 0.25) is 0 Å². The number of carbonyl (C=O) groups is 1. The molecular formula is C22H29NO3. The maximum atomic E-state index is 12.3. The molecule has 1 aromatic rings. The predicted octanol–water partition coefficient (Wildman–Crippen LogP) is 4.10. The van der Waals surface area contributed by atoms with Crippen LogP contribution in [0, 0.1) is 23.7 Å². The molecule has 1 saturated heterocycles. The van der Waals surface area contributed by atoms with Crippen LogP contribution in [0.1, 0.15) is 51.8 Å². The third-order valence-corrected chi connectivity index (χ3v) is 6.22. The predicted molar refractivity (Wildman–Crippen MR) is 103 cm³/mol. The van der Waals surface area contributed by atoms with Crippen molar-refractivity contribution < 1.29 is 14.6 Å². The molecule has 2 heterocycles. The summed E-state index contributed by atoms with van der Waals surface area (Å²) in [4.78, 5) is 16.8. The van der Waals surface area contributed by atoms with Crippen LogP contribution in [-0.2, 0) is 9.53 Å². The first-order valence-corrected chi connectivity index (χ1v) is 9.51. The van der Waals surface area contributed by atoms with E-state index >= 15 is 0 Å². The summed E-state index contributed by atoms with van der Waals surface area (Å²) in [5.41, 5.74) is 1.51. The van der Waals surface area contributed by atoms with Crippen LogP contribution in [0.25, 0.3) is 11.6 Å². The number of hydrogen-bond acceptors (Lipinski definition) is 4. The van der Waals surface area contributed by atoms with Crippen LogP contribution in [0.15, 0.2) is 31.0 Å². The fourth-order valence-corrected chi connectivity index (χ4v) is 4.91. The normalized spacial score (nSPS) is 36.8. The first-order valence-electron chi connectivity index (χ1n) is 9.51. The zero-order chi connectivity index (χ0) is 19.1. The average Bonchev–Trinajstić information content (AvgIpc) is 2.81. The van der Waals surface area contributed by atoms with Gasteiger partial charge in [0.25, 0.3) is 0 Å². The van der Waals surface area contributed by atoms with Crippen molar-refractivity contribution in [1.82, 2.24) is 4.98 Å². The number of allylic oxidation sites excluding steroid dienone is 2. The second-order valence-corrected chi connectivity index (χ2v) is 8.00. The number of carbonyl (C=O) groups excluding carboxylic acids is 1. The van der Waals surface area contributed by atoms with Crippen LogP contribution in [0.3, 0.4) is 0 Å². The van der Waals surface area contributed by atoms with Crippen molar-refractivity contribution >= 4 is 17.6 Å². The van der Waals surface area contributed by atoms with E-state index in [9.17, 15) is 9.90 Å². The van der Waals surface area contributed by atoms with Crippen molar-refractivity contribution in [2.75, 3.05) is 0 Å². The Morgan fingerprint density at radius 3 is 2.77 bits per heavy atom. The number of aromatic nitrogens is 1. The summed E-state index contributed by atoms with van der Waals surface area (Å²) >= 11 is 0. The van der Waals surface area contributed by atoms with Gasteiger partial charge in [-0.1, -0.05) is 39.0 Å². The number of hydrogen-bond donors (Lipinski definition) is 1. The molecule has 2 fully saturated rings. The van der Waals surface area contributed by atoms with Gasteiger partial charge in [-0.05, 0) is 61.3 Å². The number of pyridine rings is 1. The van der Waals surface area contributed by atoms with Gasteiger partial charge in [-0.25, -0.2) is 4.79 Å². The molecular weight excluding hydrogens is 326 g/mol. The topological polar surface area (TPSA) is 59.4 Å². The summed E-state index contributed by atoms with van der Waals surface area (Å²) in [7, 11) is 0. The lowest BCUT2D eigenvalue weighted by atomic mass is 9.59. The third-order valence-electron chi connectivity index (χ3n) is 6.22. The van der Waals surface area contributed by atoms with Crippen molar-refractivity contribution in [3.8, 4) is 0 Å². The molecule has 0 spiro atoms. The highest BCUT2D eigenvalue weighted by Gasteiger charge is 2.62. The molecule has 0 bridgehead atoms. The third kappa shape index (κ3) is 3.11. The van der Waals surface area contributed by atoms with Crippen molar-refractivity contribution in [1.29, 1.82) is 0 Å². The summed E-state index contributed by atoms with van der Waals surface area (Å²) < 4.78 is 5.43. The van der Waals surface area contributed by atoms with Crippen LogP contribution < -0.4 is 0 Å². The number of ether oxygens (including phenoxy) is 1. The van der Waals surface area contributed by atoms with Gasteiger partial charge in [-0.15, -0.1) is 0 Å². The van der Waals surface area contributed by atoms with E-state index < -0.39 is 11.6 Å². The van der Waals surface area contributed by atoms with Crippen molar-refractivity contribution in [3.63, 3.8) is 0 Å². The lowest BCUT2D eigenvalue weighted by molar-refractivity contribution is -0.160. The molecule has 1 saturated carbocycles. The van der Waals surface area contributed by atoms with Gasteiger partial charge in [0.05, 0.1) is 5.69 Å². The zero-order valence-corrected chi connectivity index (χ0v) is 16.1. The van der Waals surface area contributed by atoms with Crippen molar-refractivity contribution in [2.24, 2.45) is 23.7 Å². The number of fused-ring (bicyclic) bond motifs is 1. The van der Waals surface area contributed by atoms with Crippen LogP contribution in [0.4, 0.5) is 0 Å². The van der Waals surface area contributed by atoms with E-state index in [1.165, 1.54) is 0 Å². The van der Waals surface area contributed by atoms with Gasteiger partial charge < -0.3 is 9.84 Å². The number of cyclic esters (lactones) is 1. The Bertz CT molecular complexity index is 723. The highest BCUT2D eigenvalue weighted by Crippen LogP contribution is 2.52. The molecule has 0 aromatic carbocycles. The van der Waals surface area contributed by atoms with Gasteiger partial charge in [-0.2, -0.15) is 0 Å². The summed E-state index contributed by atoms with van der Waals surface area (Å²) in [6.07, 6.45) is 7.16. The zero-order valence-electron chi connectivity index (χ0n) is 16.1. The molecule has 1 N–H and O–H groups in total. The van der Waals surface area contributed by atoms with E-state index in [0.29, 0.717) is 12.3 Å². The second-order valence-electron chi connectivity index (χ2n) is 8.00. The number of nitrogens with zero attached hydrogens (tertiary/aromatic N) is 1. The molecule has 4 nitrogen and oxygen atoms in total. The fraction of sp³-hybridized carbons (Fsp3) is 0.545. The van der Waals surface area contributed by atoms with Crippen LogP contribution in [0.5, 0.6) is 0 Å². The van der Waals surface area contributed by atoms with Crippen LogP contribution in [-0.4, -0.2) is 27.8 Å². The van der Waals surface area contributed by atoms with E-state index in [1.54, 1.807) is 0 Å². The van der Waals surface area contributed by atoms with E-state index in [2.05, 4.69) is 31.5 Å². The highest BCUT2D eigenvalue weighted by atomic mass is 16.6. The number of esters is 1. The van der Waals surface area contributed by atoms with Gasteiger partial charge in [0.1, 0.15) is 6.10 Å². The molecule has 6 atom stereocenters. The molecule has 0 amide bonds. The molecule has 6 unspecified atom stereocenters.